The molecule has 1 aromatic carbocycles. The fraction of sp³-hybridized carbons (Fsp3) is 0.500. The van der Waals surface area contributed by atoms with Gasteiger partial charge in [0.1, 0.15) is 5.75 Å². The summed E-state index contributed by atoms with van der Waals surface area (Å²) in [5, 5.41) is 0. The third kappa shape index (κ3) is 5.57. The number of halogens is 2. The maximum absolute atomic E-state index is 5.65. The van der Waals surface area contributed by atoms with Gasteiger partial charge in [-0.25, -0.2) is 0 Å². The van der Waals surface area contributed by atoms with Crippen molar-refractivity contribution in [3.8, 4) is 5.75 Å². The lowest BCUT2D eigenvalue weighted by atomic mass is 10.2. The Labute approximate surface area is 108 Å². The summed E-state index contributed by atoms with van der Waals surface area (Å²) in [6.45, 7) is 3.02. The summed E-state index contributed by atoms with van der Waals surface area (Å²) in [6.07, 6.45) is 4.96. The van der Waals surface area contributed by atoms with Crippen molar-refractivity contribution in [3.05, 3.63) is 27.1 Å². The second-order valence-electron chi connectivity index (χ2n) is 3.51. The first-order chi connectivity index (χ1) is 7.22. The Morgan fingerprint density at radius 1 is 1.00 bits per heavy atom. The SMILES string of the molecule is CCCCCCOc1cc(Br)cc(Br)c1. The zero-order valence-electron chi connectivity index (χ0n) is 8.93. The van der Waals surface area contributed by atoms with E-state index in [0.717, 1.165) is 27.7 Å². The van der Waals surface area contributed by atoms with E-state index in [9.17, 15) is 0 Å². The summed E-state index contributed by atoms with van der Waals surface area (Å²) in [5.74, 6) is 0.924. The molecular formula is C12H16Br2O. The van der Waals surface area contributed by atoms with E-state index >= 15 is 0 Å². The van der Waals surface area contributed by atoms with Crippen molar-refractivity contribution >= 4 is 31.9 Å². The van der Waals surface area contributed by atoms with E-state index in [-0.39, 0.29) is 0 Å². The van der Waals surface area contributed by atoms with Gasteiger partial charge in [0.15, 0.2) is 0 Å². The van der Waals surface area contributed by atoms with Crippen LogP contribution in [0, 0.1) is 0 Å². The molecule has 0 unspecified atom stereocenters. The molecule has 0 aliphatic heterocycles. The van der Waals surface area contributed by atoms with Gasteiger partial charge in [-0.1, -0.05) is 58.0 Å². The second-order valence-corrected chi connectivity index (χ2v) is 5.35. The van der Waals surface area contributed by atoms with Gasteiger partial charge in [0.2, 0.25) is 0 Å². The molecule has 0 aliphatic carbocycles. The molecule has 0 amide bonds. The number of unbranched alkanes of at least 4 members (excludes halogenated alkanes) is 3. The van der Waals surface area contributed by atoms with E-state index in [1.807, 2.05) is 18.2 Å². The number of ether oxygens (including phenoxy) is 1. The van der Waals surface area contributed by atoms with Crippen molar-refractivity contribution < 1.29 is 4.74 Å². The smallest absolute Gasteiger partial charge is 0.121 e. The first-order valence-electron chi connectivity index (χ1n) is 5.31. The first-order valence-corrected chi connectivity index (χ1v) is 6.90. The van der Waals surface area contributed by atoms with Crippen LogP contribution in [0.2, 0.25) is 0 Å². The van der Waals surface area contributed by atoms with Crippen LogP contribution in [0.25, 0.3) is 0 Å². The minimum absolute atomic E-state index is 0.808. The Bertz CT molecular complexity index is 279. The Hall–Kier alpha value is -0.0200. The lowest BCUT2D eigenvalue weighted by molar-refractivity contribution is 0.304. The molecule has 15 heavy (non-hydrogen) atoms. The van der Waals surface area contributed by atoms with E-state index in [0.29, 0.717) is 0 Å². The van der Waals surface area contributed by atoms with Gasteiger partial charge in [0.25, 0.3) is 0 Å². The van der Waals surface area contributed by atoms with Crippen LogP contribution in [0.5, 0.6) is 5.75 Å². The zero-order valence-corrected chi connectivity index (χ0v) is 12.1. The van der Waals surface area contributed by atoms with Gasteiger partial charge < -0.3 is 4.74 Å². The predicted molar refractivity (Wildman–Crippen MR) is 71.5 cm³/mol. The van der Waals surface area contributed by atoms with E-state index in [2.05, 4.69) is 38.8 Å². The lowest BCUT2D eigenvalue weighted by Crippen LogP contribution is -1.97. The number of rotatable bonds is 6. The summed E-state index contributed by atoms with van der Waals surface area (Å²) in [7, 11) is 0. The Morgan fingerprint density at radius 2 is 1.67 bits per heavy atom. The largest absolute Gasteiger partial charge is 0.494 e. The molecule has 0 heterocycles. The molecule has 0 radical (unpaired) electrons. The Morgan fingerprint density at radius 3 is 2.27 bits per heavy atom. The highest BCUT2D eigenvalue weighted by Gasteiger charge is 1.98. The first kappa shape index (κ1) is 13.0. The average molecular weight is 336 g/mol. The van der Waals surface area contributed by atoms with Crippen molar-refractivity contribution in [2.45, 2.75) is 32.6 Å². The highest BCUT2D eigenvalue weighted by Crippen LogP contribution is 2.25. The normalized spacial score (nSPS) is 10.3. The number of hydrogen-bond acceptors (Lipinski definition) is 1. The third-order valence-corrected chi connectivity index (χ3v) is 3.02. The van der Waals surface area contributed by atoms with Crippen LogP contribution in [0.3, 0.4) is 0 Å². The van der Waals surface area contributed by atoms with Crippen LogP contribution in [0.4, 0.5) is 0 Å². The maximum Gasteiger partial charge on any atom is 0.121 e. The van der Waals surface area contributed by atoms with Crippen LogP contribution in [-0.2, 0) is 0 Å². The van der Waals surface area contributed by atoms with Gasteiger partial charge >= 0.3 is 0 Å². The summed E-state index contributed by atoms with van der Waals surface area (Å²) >= 11 is 6.87. The standard InChI is InChI=1S/C12H16Br2O/c1-2-3-4-5-6-15-12-8-10(13)7-11(14)9-12/h7-9H,2-6H2,1H3. The molecule has 84 valence electrons. The van der Waals surface area contributed by atoms with Crippen molar-refractivity contribution in [1.29, 1.82) is 0 Å². The molecule has 0 bridgehead atoms. The molecule has 0 aliphatic rings. The zero-order chi connectivity index (χ0) is 11.1. The van der Waals surface area contributed by atoms with E-state index < -0.39 is 0 Å². The van der Waals surface area contributed by atoms with Gasteiger partial charge in [-0.05, 0) is 24.6 Å². The molecule has 3 heteroatoms. The molecular weight excluding hydrogens is 320 g/mol. The number of benzene rings is 1. The van der Waals surface area contributed by atoms with E-state index in [1.165, 1.54) is 19.3 Å². The monoisotopic (exact) mass is 334 g/mol. The molecule has 1 rings (SSSR count). The van der Waals surface area contributed by atoms with Gasteiger partial charge in [0, 0.05) is 8.95 Å². The Kier molecular flexibility index (Phi) is 6.34. The summed E-state index contributed by atoms with van der Waals surface area (Å²) in [5.41, 5.74) is 0. The quantitative estimate of drug-likeness (QED) is 0.651. The fourth-order valence-corrected chi connectivity index (χ4v) is 2.58. The second kappa shape index (κ2) is 7.29. The summed E-state index contributed by atoms with van der Waals surface area (Å²) in [4.78, 5) is 0. The maximum atomic E-state index is 5.65. The molecule has 1 aromatic rings. The van der Waals surface area contributed by atoms with Crippen LogP contribution >= 0.6 is 31.9 Å². The van der Waals surface area contributed by atoms with Gasteiger partial charge in [-0.3, -0.25) is 0 Å². The van der Waals surface area contributed by atoms with Gasteiger partial charge in [-0.15, -0.1) is 0 Å². The average Bonchev–Trinajstić information content (AvgIpc) is 2.16. The van der Waals surface area contributed by atoms with Crippen LogP contribution in [0.1, 0.15) is 32.6 Å². The van der Waals surface area contributed by atoms with Crippen molar-refractivity contribution in [2.75, 3.05) is 6.61 Å². The predicted octanol–water partition coefficient (Wildman–Crippen LogP) is 5.17. The fourth-order valence-electron chi connectivity index (χ4n) is 1.33. The highest BCUT2D eigenvalue weighted by atomic mass is 79.9. The summed E-state index contributed by atoms with van der Waals surface area (Å²) in [6, 6.07) is 5.99. The van der Waals surface area contributed by atoms with Crippen LogP contribution < -0.4 is 4.74 Å². The van der Waals surface area contributed by atoms with Gasteiger partial charge in [-0.2, -0.15) is 0 Å². The molecule has 0 aromatic heterocycles. The van der Waals surface area contributed by atoms with Crippen LogP contribution in [-0.4, -0.2) is 6.61 Å². The minimum Gasteiger partial charge on any atom is -0.494 e. The minimum atomic E-state index is 0.808. The molecule has 0 spiro atoms. The van der Waals surface area contributed by atoms with Crippen molar-refractivity contribution in [2.24, 2.45) is 0 Å². The van der Waals surface area contributed by atoms with E-state index in [1.54, 1.807) is 0 Å². The summed E-state index contributed by atoms with van der Waals surface area (Å²) < 4.78 is 7.74. The van der Waals surface area contributed by atoms with Gasteiger partial charge in [0.05, 0.1) is 6.61 Å². The lowest BCUT2D eigenvalue weighted by Gasteiger charge is -2.06. The molecule has 0 saturated carbocycles. The molecule has 0 N–H and O–H groups in total. The Balaban J connectivity index is 2.31. The molecule has 0 atom stereocenters. The number of hydrogen-bond donors (Lipinski definition) is 0. The van der Waals surface area contributed by atoms with Crippen molar-refractivity contribution in [1.82, 2.24) is 0 Å². The van der Waals surface area contributed by atoms with Crippen LogP contribution in [0.15, 0.2) is 27.1 Å². The van der Waals surface area contributed by atoms with E-state index in [4.69, 9.17) is 4.74 Å². The molecule has 1 nitrogen and oxygen atoms in total. The molecule has 0 fully saturated rings. The molecule has 0 saturated heterocycles. The highest BCUT2D eigenvalue weighted by molar-refractivity contribution is 9.11. The van der Waals surface area contributed by atoms with Crippen molar-refractivity contribution in [3.63, 3.8) is 0 Å². The third-order valence-electron chi connectivity index (χ3n) is 2.10. The topological polar surface area (TPSA) is 9.23 Å².